The number of carbonyl (C=O) groups is 1. The second kappa shape index (κ2) is 8.46. The average molecular weight is 381 g/mol. The summed E-state index contributed by atoms with van der Waals surface area (Å²) in [5.74, 6) is 0.404. The van der Waals surface area contributed by atoms with Gasteiger partial charge < -0.3 is 15.2 Å². The van der Waals surface area contributed by atoms with Crippen molar-refractivity contribution in [3.8, 4) is 11.5 Å². The van der Waals surface area contributed by atoms with E-state index in [9.17, 15) is 9.90 Å². The number of methoxy groups -OCH3 is 1. The molecule has 0 aliphatic rings. The molecule has 138 valence electrons. The molecule has 0 atom stereocenters. The van der Waals surface area contributed by atoms with E-state index in [2.05, 4.69) is 15.5 Å². The maximum Gasteiger partial charge on any atom is 0.173 e. The fraction of sp³-hybridized carbons (Fsp3) is 0.150. The molecule has 0 bridgehead atoms. The van der Waals surface area contributed by atoms with Crippen molar-refractivity contribution in [2.45, 2.75) is 13.5 Å². The number of nitrogens with one attached hydrogen (secondary N) is 1. The summed E-state index contributed by atoms with van der Waals surface area (Å²) in [6, 6.07) is 17.0. The van der Waals surface area contributed by atoms with Crippen LogP contribution in [0.5, 0.6) is 11.5 Å². The topological polar surface area (TPSA) is 83.3 Å². The van der Waals surface area contributed by atoms with Gasteiger partial charge in [0.1, 0.15) is 15.6 Å². The third-order valence-corrected chi connectivity index (χ3v) is 4.98. The van der Waals surface area contributed by atoms with Gasteiger partial charge in [-0.15, -0.1) is 16.5 Å². The quantitative estimate of drug-likeness (QED) is 0.407. The van der Waals surface area contributed by atoms with Gasteiger partial charge in [-0.2, -0.15) is 5.11 Å². The summed E-state index contributed by atoms with van der Waals surface area (Å²) in [4.78, 5) is 12.0. The van der Waals surface area contributed by atoms with Crippen LogP contribution < -0.4 is 10.1 Å². The van der Waals surface area contributed by atoms with Crippen molar-refractivity contribution in [1.29, 1.82) is 0 Å². The van der Waals surface area contributed by atoms with E-state index in [4.69, 9.17) is 4.74 Å². The number of ether oxygens (including phenoxy) is 1. The average Bonchev–Trinajstić information content (AvgIpc) is 2.99. The van der Waals surface area contributed by atoms with E-state index in [1.165, 1.54) is 6.92 Å². The number of nitrogens with zero attached hydrogens (tertiary/aromatic N) is 2. The van der Waals surface area contributed by atoms with E-state index in [0.29, 0.717) is 11.5 Å². The van der Waals surface area contributed by atoms with Crippen LogP contribution in [0.2, 0.25) is 0 Å². The van der Waals surface area contributed by atoms with E-state index in [0.717, 1.165) is 28.3 Å². The monoisotopic (exact) mass is 381 g/mol. The molecular weight excluding hydrogens is 362 g/mol. The number of hydrogen-bond acceptors (Lipinski definition) is 7. The highest BCUT2D eigenvalue weighted by Gasteiger charge is 2.20. The first-order valence-corrected chi connectivity index (χ1v) is 9.09. The van der Waals surface area contributed by atoms with Crippen LogP contribution in [-0.4, -0.2) is 18.0 Å². The molecule has 0 saturated carbocycles. The number of thiophene rings is 1. The number of ketones is 1. The van der Waals surface area contributed by atoms with Crippen LogP contribution in [0.3, 0.4) is 0 Å². The maximum absolute atomic E-state index is 11.8. The smallest absolute Gasteiger partial charge is 0.173 e. The lowest BCUT2D eigenvalue weighted by Crippen LogP contribution is -1.86. The molecule has 0 amide bonds. The van der Waals surface area contributed by atoms with Gasteiger partial charge in [-0.1, -0.05) is 30.3 Å². The van der Waals surface area contributed by atoms with Crippen LogP contribution in [0.4, 0.5) is 16.4 Å². The molecule has 0 spiro atoms. The summed E-state index contributed by atoms with van der Waals surface area (Å²) >= 11 is 1.16. The van der Waals surface area contributed by atoms with E-state index in [1.807, 2.05) is 54.6 Å². The van der Waals surface area contributed by atoms with Gasteiger partial charge in [-0.05, 0) is 29.8 Å². The van der Waals surface area contributed by atoms with E-state index in [1.54, 1.807) is 7.11 Å². The Hall–Kier alpha value is -3.19. The minimum absolute atomic E-state index is 0.149. The predicted octanol–water partition coefficient (Wildman–Crippen LogP) is 5.69. The molecular formula is C20H19N3O3S. The van der Waals surface area contributed by atoms with Crippen molar-refractivity contribution in [2.75, 3.05) is 12.4 Å². The minimum Gasteiger partial charge on any atom is -0.504 e. The SMILES string of the molecule is COc1ccc(CN=Nc2c(Nc3ccccc3)sc(C(C)=O)c2O)cc1. The fourth-order valence-corrected chi connectivity index (χ4v) is 3.35. The fourth-order valence-electron chi connectivity index (χ4n) is 2.40. The molecule has 3 rings (SSSR count). The van der Waals surface area contributed by atoms with E-state index < -0.39 is 0 Å². The Morgan fingerprint density at radius 3 is 2.48 bits per heavy atom. The lowest BCUT2D eigenvalue weighted by Gasteiger charge is -2.04. The number of carbonyl (C=O) groups excluding carboxylic acids is 1. The summed E-state index contributed by atoms with van der Waals surface area (Å²) in [6.45, 7) is 1.76. The number of hydrogen-bond donors (Lipinski definition) is 2. The summed E-state index contributed by atoms with van der Waals surface area (Å²) in [5, 5.41) is 22.5. The molecule has 0 aliphatic heterocycles. The van der Waals surface area contributed by atoms with Crippen LogP contribution in [-0.2, 0) is 6.54 Å². The highest BCUT2D eigenvalue weighted by Crippen LogP contribution is 2.47. The number of Topliss-reactive ketones (excluding diaryl/α,β-unsaturated/α-hetero) is 1. The normalized spacial score (nSPS) is 10.9. The standard InChI is InChI=1S/C20H19N3O3S/c1-13(24)19-18(25)17(20(27-19)22-15-6-4-3-5-7-15)23-21-12-14-8-10-16(26-2)11-9-14/h3-11,22,25H,12H2,1-2H3. The first-order chi connectivity index (χ1) is 13.1. The van der Waals surface area contributed by atoms with Crippen molar-refractivity contribution < 1.29 is 14.6 Å². The number of aromatic hydroxyl groups is 1. The van der Waals surface area contributed by atoms with Crippen molar-refractivity contribution in [1.82, 2.24) is 0 Å². The molecule has 2 N–H and O–H groups in total. The van der Waals surface area contributed by atoms with Gasteiger partial charge in [-0.3, -0.25) is 4.79 Å². The molecule has 0 fully saturated rings. The molecule has 0 aliphatic carbocycles. The Kier molecular flexibility index (Phi) is 5.83. The summed E-state index contributed by atoms with van der Waals surface area (Å²) in [7, 11) is 1.61. The number of azo groups is 1. The molecule has 3 aromatic rings. The zero-order valence-corrected chi connectivity index (χ0v) is 15.8. The van der Waals surface area contributed by atoms with Crippen molar-refractivity contribution >= 4 is 33.5 Å². The molecule has 0 radical (unpaired) electrons. The maximum atomic E-state index is 11.8. The van der Waals surface area contributed by atoms with Gasteiger partial charge >= 0.3 is 0 Å². The van der Waals surface area contributed by atoms with Crippen LogP contribution >= 0.6 is 11.3 Å². The Morgan fingerprint density at radius 1 is 1.15 bits per heavy atom. The number of para-hydroxylation sites is 1. The second-order valence-electron chi connectivity index (χ2n) is 5.75. The van der Waals surface area contributed by atoms with Crippen molar-refractivity contribution in [2.24, 2.45) is 10.2 Å². The lowest BCUT2D eigenvalue weighted by molar-refractivity contribution is 0.101. The van der Waals surface area contributed by atoms with Crippen LogP contribution in [0.15, 0.2) is 64.8 Å². The molecule has 1 heterocycles. The Morgan fingerprint density at radius 2 is 1.85 bits per heavy atom. The van der Waals surface area contributed by atoms with Gasteiger partial charge in [0.25, 0.3) is 0 Å². The van der Waals surface area contributed by atoms with Crippen LogP contribution in [0.1, 0.15) is 22.2 Å². The van der Waals surface area contributed by atoms with Crippen LogP contribution in [0, 0.1) is 0 Å². The minimum atomic E-state index is -0.217. The predicted molar refractivity (Wildman–Crippen MR) is 107 cm³/mol. The first kappa shape index (κ1) is 18.6. The summed E-state index contributed by atoms with van der Waals surface area (Å²) < 4.78 is 5.13. The van der Waals surface area contributed by atoms with Crippen molar-refractivity contribution in [3.05, 3.63) is 65.0 Å². The molecule has 1 aromatic heterocycles. The van der Waals surface area contributed by atoms with Gasteiger partial charge in [0.2, 0.25) is 0 Å². The van der Waals surface area contributed by atoms with Gasteiger partial charge in [0, 0.05) is 12.6 Å². The highest BCUT2D eigenvalue weighted by molar-refractivity contribution is 7.19. The number of anilines is 2. The van der Waals surface area contributed by atoms with Gasteiger partial charge in [0.15, 0.2) is 17.2 Å². The first-order valence-electron chi connectivity index (χ1n) is 8.27. The summed E-state index contributed by atoms with van der Waals surface area (Å²) in [6.07, 6.45) is 0. The van der Waals surface area contributed by atoms with Gasteiger partial charge in [-0.25, -0.2) is 0 Å². The Labute approximate surface area is 161 Å². The van der Waals surface area contributed by atoms with E-state index in [-0.39, 0.29) is 22.1 Å². The molecule has 27 heavy (non-hydrogen) atoms. The number of rotatable bonds is 7. The molecule has 2 aromatic carbocycles. The molecule has 7 heteroatoms. The zero-order chi connectivity index (χ0) is 19.2. The largest absolute Gasteiger partial charge is 0.504 e. The third kappa shape index (κ3) is 4.51. The molecule has 0 unspecified atom stereocenters. The van der Waals surface area contributed by atoms with Crippen LogP contribution in [0.25, 0.3) is 0 Å². The lowest BCUT2D eigenvalue weighted by atomic mass is 10.2. The highest BCUT2D eigenvalue weighted by atomic mass is 32.1. The number of benzene rings is 2. The second-order valence-corrected chi connectivity index (χ2v) is 6.77. The Bertz CT molecular complexity index is 951. The third-order valence-electron chi connectivity index (χ3n) is 3.79. The van der Waals surface area contributed by atoms with E-state index >= 15 is 0 Å². The van der Waals surface area contributed by atoms with Gasteiger partial charge in [0.05, 0.1) is 13.7 Å². The zero-order valence-electron chi connectivity index (χ0n) is 15.0. The Balaban J connectivity index is 1.84. The molecule has 6 nitrogen and oxygen atoms in total. The molecule has 0 saturated heterocycles. The summed E-state index contributed by atoms with van der Waals surface area (Å²) in [5.41, 5.74) is 2.06. The van der Waals surface area contributed by atoms with Crippen molar-refractivity contribution in [3.63, 3.8) is 0 Å².